The highest BCUT2D eigenvalue weighted by Crippen LogP contribution is 1.31. The summed E-state index contributed by atoms with van der Waals surface area (Å²) >= 11 is 1.65. The van der Waals surface area contributed by atoms with Crippen molar-refractivity contribution in [3.8, 4) is 0 Å². The maximum absolute atomic E-state index is 4.47. The van der Waals surface area contributed by atoms with Gasteiger partial charge in [-0.15, -0.1) is 0 Å². The number of ether oxygens (including phenoxy) is 1. The van der Waals surface area contributed by atoms with Gasteiger partial charge in [-0.1, -0.05) is 0 Å². The molecule has 34 valence electrons. The van der Waals surface area contributed by atoms with Gasteiger partial charge in [0.25, 0.3) is 0 Å². The molecule has 3 heteroatoms. The molecule has 0 saturated carbocycles. The van der Waals surface area contributed by atoms with Gasteiger partial charge in [0.05, 0.1) is 0 Å². The van der Waals surface area contributed by atoms with Crippen LogP contribution in [0.15, 0.2) is 0 Å². The summed E-state index contributed by atoms with van der Waals surface area (Å²) in [6.45, 7) is 0. The highest BCUT2D eigenvalue weighted by Gasteiger charge is 1.25. The number of rotatable bonds is 0. The van der Waals surface area contributed by atoms with Crippen LogP contribution in [-0.2, 0) is 4.74 Å². The van der Waals surface area contributed by atoms with Crippen molar-refractivity contribution in [1.29, 1.82) is 0 Å². The first-order chi connectivity index (χ1) is 2.41. The number of hydrogen-bond donors (Lipinski definition) is 1. The zero-order chi connectivity index (χ0) is 4.71. The van der Waals surface area contributed by atoms with Crippen LogP contribution in [0.1, 0.15) is 0 Å². The summed E-state index contributed by atoms with van der Waals surface area (Å²) < 4.78 is 8.72. The largest absolute Gasteiger partial charge is 0.388 e. The van der Waals surface area contributed by atoms with E-state index in [0.29, 0.717) is 0 Å². The van der Waals surface area contributed by atoms with Gasteiger partial charge in [-0.25, -0.2) is 0 Å². The third-order valence-corrected chi connectivity index (χ3v) is 0. The third-order valence-electron chi connectivity index (χ3n) is 0. The van der Waals surface area contributed by atoms with Gasteiger partial charge in [-0.2, -0.15) is 0 Å². The standard InChI is InChI=1S/C2H6O.H2IN/c1-3-2;1-2/h1-2H3;2H2. The lowest BCUT2D eigenvalue weighted by molar-refractivity contribution is 0.277. The first-order valence-corrected chi connectivity index (χ1v) is 2.28. The second-order valence-electron chi connectivity index (χ2n) is 0.408. The molecule has 0 aliphatic carbocycles. The Hall–Kier alpha value is 0.650. The molecule has 2 nitrogen and oxygen atoms in total. The van der Waals surface area contributed by atoms with Gasteiger partial charge in [-0.3, -0.25) is 3.95 Å². The smallest absolute Gasteiger partial charge is 0.0351 e. The molecule has 5 heavy (non-hydrogen) atoms. The van der Waals surface area contributed by atoms with Crippen LogP contribution in [0.3, 0.4) is 0 Å². The lowest BCUT2D eigenvalue weighted by Crippen LogP contribution is -1.55. The molecule has 0 aromatic carbocycles. The van der Waals surface area contributed by atoms with Crippen molar-refractivity contribution in [3.63, 3.8) is 0 Å². The van der Waals surface area contributed by atoms with E-state index in [2.05, 4.69) is 8.68 Å². The molecule has 0 aliphatic rings. The zero-order valence-corrected chi connectivity index (χ0v) is 5.52. The number of nitrogens with two attached hydrogens (primary N) is 1. The lowest BCUT2D eigenvalue weighted by atomic mass is 11.6. The third kappa shape index (κ3) is 77.3. The first kappa shape index (κ1) is 9.17. The summed E-state index contributed by atoms with van der Waals surface area (Å²) in [4.78, 5) is 0. The van der Waals surface area contributed by atoms with E-state index in [0.717, 1.165) is 0 Å². The predicted octanol–water partition coefficient (Wildman–Crippen LogP) is 0.558. The quantitative estimate of drug-likeness (QED) is 0.446. The van der Waals surface area contributed by atoms with Gasteiger partial charge in [0.15, 0.2) is 0 Å². The monoisotopic (exact) mass is 189 g/mol. The van der Waals surface area contributed by atoms with Crippen LogP contribution < -0.4 is 3.95 Å². The summed E-state index contributed by atoms with van der Waals surface area (Å²) in [6, 6.07) is 0. The Morgan fingerprint density at radius 3 is 1.40 bits per heavy atom. The molecule has 0 atom stereocenters. The number of halogens is 1. The van der Waals surface area contributed by atoms with E-state index >= 15 is 0 Å². The first-order valence-electron chi connectivity index (χ1n) is 1.03. The van der Waals surface area contributed by atoms with E-state index in [1.54, 1.807) is 37.1 Å². The topological polar surface area (TPSA) is 35.2 Å². The van der Waals surface area contributed by atoms with Gasteiger partial charge in [0.2, 0.25) is 0 Å². The minimum atomic E-state index is 1.62. The van der Waals surface area contributed by atoms with Crippen LogP contribution in [-0.4, -0.2) is 14.2 Å². The lowest BCUT2D eigenvalue weighted by Gasteiger charge is -1.61. The normalized spacial score (nSPS) is 4.80. The van der Waals surface area contributed by atoms with Crippen molar-refractivity contribution in [2.75, 3.05) is 14.2 Å². The predicted molar refractivity (Wildman–Crippen MR) is 31.1 cm³/mol. The molecule has 0 spiro atoms. The molecular formula is C2H8INO. The molecule has 0 unspecified atom stereocenters. The van der Waals surface area contributed by atoms with Crippen molar-refractivity contribution < 1.29 is 4.74 Å². The molecule has 2 N–H and O–H groups in total. The van der Waals surface area contributed by atoms with Crippen LogP contribution in [0.25, 0.3) is 0 Å². The molecule has 0 rings (SSSR count). The fraction of sp³-hybridized carbons (Fsp3) is 1.00. The van der Waals surface area contributed by atoms with Crippen LogP contribution in [0, 0.1) is 0 Å². The van der Waals surface area contributed by atoms with E-state index in [1.165, 1.54) is 0 Å². The van der Waals surface area contributed by atoms with Crippen LogP contribution >= 0.6 is 22.9 Å². The Balaban J connectivity index is 0. The molecule has 0 fully saturated rings. The molecule has 0 heterocycles. The number of hydrogen-bond acceptors (Lipinski definition) is 2. The summed E-state index contributed by atoms with van der Waals surface area (Å²) in [5.74, 6) is 0. The van der Waals surface area contributed by atoms with E-state index in [1.807, 2.05) is 0 Å². The van der Waals surface area contributed by atoms with E-state index in [-0.39, 0.29) is 0 Å². The fourth-order valence-corrected chi connectivity index (χ4v) is 0. The fourth-order valence-electron chi connectivity index (χ4n) is 0. The molecule has 0 saturated heterocycles. The highest BCUT2D eigenvalue weighted by atomic mass is 127. The molecule has 0 amide bonds. The number of methoxy groups -OCH3 is 1. The Labute approximate surface area is 46.2 Å². The van der Waals surface area contributed by atoms with Crippen molar-refractivity contribution in [2.45, 2.75) is 0 Å². The molecular weight excluding hydrogens is 181 g/mol. The van der Waals surface area contributed by atoms with Crippen LogP contribution in [0.5, 0.6) is 0 Å². The SMILES string of the molecule is COC.NI. The van der Waals surface area contributed by atoms with E-state index < -0.39 is 0 Å². The summed E-state index contributed by atoms with van der Waals surface area (Å²) in [5, 5.41) is 0. The molecule has 0 aromatic rings. The van der Waals surface area contributed by atoms with E-state index in [9.17, 15) is 0 Å². The van der Waals surface area contributed by atoms with Gasteiger partial charge in [-0.05, 0) is 0 Å². The minimum absolute atomic E-state index is 1.62. The molecule has 0 aliphatic heterocycles. The maximum atomic E-state index is 4.47. The summed E-state index contributed by atoms with van der Waals surface area (Å²) in [5.41, 5.74) is 0. The molecule has 0 bridgehead atoms. The van der Waals surface area contributed by atoms with Crippen LogP contribution in [0.2, 0.25) is 0 Å². The van der Waals surface area contributed by atoms with Gasteiger partial charge < -0.3 is 4.74 Å². The second kappa shape index (κ2) is 22.8. The zero-order valence-electron chi connectivity index (χ0n) is 3.36. The Morgan fingerprint density at radius 2 is 1.40 bits per heavy atom. The molecule has 0 aromatic heterocycles. The van der Waals surface area contributed by atoms with Crippen molar-refractivity contribution in [1.82, 2.24) is 0 Å². The average molecular weight is 189 g/mol. The van der Waals surface area contributed by atoms with E-state index in [4.69, 9.17) is 0 Å². The Kier molecular flexibility index (Phi) is 41.7. The van der Waals surface area contributed by atoms with Crippen LogP contribution in [0.4, 0.5) is 0 Å². The van der Waals surface area contributed by atoms with Gasteiger partial charge >= 0.3 is 0 Å². The summed E-state index contributed by atoms with van der Waals surface area (Å²) in [6.07, 6.45) is 0. The molecule has 0 radical (unpaired) electrons. The Morgan fingerprint density at radius 1 is 1.40 bits per heavy atom. The highest BCUT2D eigenvalue weighted by molar-refractivity contribution is 14.1. The summed E-state index contributed by atoms with van der Waals surface area (Å²) in [7, 11) is 3.25. The van der Waals surface area contributed by atoms with Crippen molar-refractivity contribution >= 4 is 22.9 Å². The van der Waals surface area contributed by atoms with Crippen molar-refractivity contribution in [3.05, 3.63) is 0 Å². The van der Waals surface area contributed by atoms with Gasteiger partial charge in [0.1, 0.15) is 0 Å². The average Bonchev–Trinajstić information content (AvgIpc) is 1.46. The minimum Gasteiger partial charge on any atom is -0.388 e. The maximum Gasteiger partial charge on any atom is 0.0351 e. The Bertz CT molecular complexity index is 9.61. The second-order valence-corrected chi connectivity index (χ2v) is 0.408. The van der Waals surface area contributed by atoms with Gasteiger partial charge in [0, 0.05) is 37.1 Å². The van der Waals surface area contributed by atoms with Crippen molar-refractivity contribution in [2.24, 2.45) is 3.95 Å².